The zero-order chi connectivity index (χ0) is 20.8. The summed E-state index contributed by atoms with van der Waals surface area (Å²) in [4.78, 5) is 52.5. The summed E-state index contributed by atoms with van der Waals surface area (Å²) in [6.45, 7) is 1.62. The fraction of sp³-hybridized carbons (Fsp3) is 0.316. The fourth-order valence-corrected chi connectivity index (χ4v) is 3.60. The Labute approximate surface area is 171 Å². The topological polar surface area (TPSA) is 118 Å². The van der Waals surface area contributed by atoms with Crippen LogP contribution >= 0.6 is 11.3 Å². The Morgan fingerprint density at radius 2 is 1.86 bits per heavy atom. The normalized spacial score (nSPS) is 13.3. The molecule has 2 aromatic rings. The molecule has 1 fully saturated rings. The summed E-state index contributed by atoms with van der Waals surface area (Å²) in [5.41, 5.74) is 1.63. The molecule has 0 aliphatic carbocycles. The lowest BCUT2D eigenvalue weighted by Crippen LogP contribution is -2.23. The van der Waals surface area contributed by atoms with Crippen LogP contribution < -0.4 is 15.5 Å². The molecule has 9 nitrogen and oxygen atoms in total. The molecule has 1 aromatic heterocycles. The van der Waals surface area contributed by atoms with Gasteiger partial charge in [-0.15, -0.1) is 11.3 Å². The minimum absolute atomic E-state index is 0.0373. The van der Waals surface area contributed by atoms with E-state index in [4.69, 9.17) is 4.74 Å². The zero-order valence-corrected chi connectivity index (χ0v) is 16.6. The summed E-state index contributed by atoms with van der Waals surface area (Å²) in [6.07, 6.45) is 1.25. The SMILES string of the molecule is CC(=O)Nc1ccc(NC(=O)COC(=O)Cc2csc(N3CCCC3=O)n2)cc1. The predicted molar refractivity (Wildman–Crippen MR) is 108 cm³/mol. The van der Waals surface area contributed by atoms with E-state index in [1.54, 1.807) is 34.5 Å². The van der Waals surface area contributed by atoms with Gasteiger partial charge in [0.2, 0.25) is 11.8 Å². The molecule has 2 heterocycles. The van der Waals surface area contributed by atoms with Crippen LogP contribution in [0.1, 0.15) is 25.5 Å². The molecule has 0 unspecified atom stereocenters. The molecule has 1 aromatic carbocycles. The Morgan fingerprint density at radius 1 is 1.17 bits per heavy atom. The first kappa shape index (κ1) is 20.5. The van der Waals surface area contributed by atoms with E-state index in [-0.39, 0.29) is 18.2 Å². The van der Waals surface area contributed by atoms with E-state index < -0.39 is 18.5 Å². The van der Waals surface area contributed by atoms with Gasteiger partial charge in [-0.3, -0.25) is 24.1 Å². The van der Waals surface area contributed by atoms with Crippen molar-refractivity contribution in [3.63, 3.8) is 0 Å². The van der Waals surface area contributed by atoms with Crippen LogP contribution in [0.5, 0.6) is 0 Å². The second-order valence-corrected chi connectivity index (χ2v) is 7.25. The minimum Gasteiger partial charge on any atom is -0.455 e. The van der Waals surface area contributed by atoms with Crippen LogP contribution in [-0.4, -0.2) is 41.8 Å². The lowest BCUT2D eigenvalue weighted by Gasteiger charge is -2.10. The average molecular weight is 416 g/mol. The molecule has 152 valence electrons. The highest BCUT2D eigenvalue weighted by Crippen LogP contribution is 2.25. The second-order valence-electron chi connectivity index (χ2n) is 6.41. The highest BCUT2D eigenvalue weighted by atomic mass is 32.1. The van der Waals surface area contributed by atoms with Crippen LogP contribution in [0.3, 0.4) is 0 Å². The van der Waals surface area contributed by atoms with Gasteiger partial charge in [0.1, 0.15) is 0 Å². The zero-order valence-electron chi connectivity index (χ0n) is 15.8. The van der Waals surface area contributed by atoms with E-state index in [0.717, 1.165) is 6.42 Å². The first-order chi connectivity index (χ1) is 13.9. The van der Waals surface area contributed by atoms with Gasteiger partial charge < -0.3 is 15.4 Å². The van der Waals surface area contributed by atoms with E-state index in [0.29, 0.717) is 35.2 Å². The maximum atomic E-state index is 12.0. The third-order valence-electron chi connectivity index (χ3n) is 4.02. The number of nitrogens with zero attached hydrogens (tertiary/aromatic N) is 2. The summed E-state index contributed by atoms with van der Waals surface area (Å²) >= 11 is 1.30. The largest absolute Gasteiger partial charge is 0.455 e. The smallest absolute Gasteiger partial charge is 0.312 e. The summed E-state index contributed by atoms with van der Waals surface area (Å²) in [5.74, 6) is -1.21. The number of esters is 1. The predicted octanol–water partition coefficient (Wildman–Crippen LogP) is 1.95. The Morgan fingerprint density at radius 3 is 2.48 bits per heavy atom. The number of aromatic nitrogens is 1. The maximum absolute atomic E-state index is 12.0. The number of rotatable bonds is 7. The van der Waals surface area contributed by atoms with Crippen LogP contribution in [0, 0.1) is 0 Å². The van der Waals surface area contributed by atoms with Crippen molar-refractivity contribution in [3.05, 3.63) is 35.3 Å². The summed E-state index contributed by atoms with van der Waals surface area (Å²) in [6, 6.07) is 6.55. The molecule has 0 radical (unpaired) electrons. The Kier molecular flexibility index (Phi) is 6.55. The lowest BCUT2D eigenvalue weighted by atomic mass is 10.2. The van der Waals surface area contributed by atoms with Gasteiger partial charge in [-0.1, -0.05) is 0 Å². The number of thiazole rings is 1. The van der Waals surface area contributed by atoms with E-state index in [1.165, 1.54) is 18.3 Å². The molecule has 29 heavy (non-hydrogen) atoms. The standard InChI is InChI=1S/C19H20N4O5S/c1-12(24)20-13-4-6-14(7-5-13)21-16(25)10-28-18(27)9-15-11-29-19(22-15)23-8-2-3-17(23)26/h4-7,11H,2-3,8-10H2,1H3,(H,20,24)(H,21,25). The lowest BCUT2D eigenvalue weighted by molar-refractivity contribution is -0.146. The van der Waals surface area contributed by atoms with E-state index >= 15 is 0 Å². The molecule has 2 N–H and O–H groups in total. The van der Waals surface area contributed by atoms with Gasteiger partial charge in [-0.25, -0.2) is 4.98 Å². The third-order valence-corrected chi connectivity index (χ3v) is 4.94. The number of carbonyl (C=O) groups excluding carboxylic acids is 4. The van der Waals surface area contributed by atoms with Crippen molar-refractivity contribution in [2.75, 3.05) is 28.7 Å². The molecule has 0 bridgehead atoms. The number of anilines is 3. The average Bonchev–Trinajstić information content (AvgIpc) is 3.30. The molecular formula is C19H20N4O5S. The first-order valence-corrected chi connectivity index (χ1v) is 9.86. The van der Waals surface area contributed by atoms with Gasteiger partial charge in [0.15, 0.2) is 11.7 Å². The molecule has 1 saturated heterocycles. The molecule has 1 aliphatic heterocycles. The fourth-order valence-electron chi connectivity index (χ4n) is 2.73. The summed E-state index contributed by atoms with van der Waals surface area (Å²) in [7, 11) is 0. The van der Waals surface area contributed by atoms with Crippen molar-refractivity contribution < 1.29 is 23.9 Å². The van der Waals surface area contributed by atoms with Crippen molar-refractivity contribution >= 4 is 51.5 Å². The van der Waals surface area contributed by atoms with Crippen molar-refractivity contribution in [2.24, 2.45) is 0 Å². The van der Waals surface area contributed by atoms with E-state index in [9.17, 15) is 19.2 Å². The van der Waals surface area contributed by atoms with Gasteiger partial charge in [0.25, 0.3) is 5.91 Å². The van der Waals surface area contributed by atoms with E-state index in [1.807, 2.05) is 0 Å². The molecule has 3 amide bonds. The van der Waals surface area contributed by atoms with Crippen molar-refractivity contribution in [1.82, 2.24) is 4.98 Å². The molecule has 10 heteroatoms. The monoisotopic (exact) mass is 416 g/mol. The van der Waals surface area contributed by atoms with Crippen LogP contribution in [0.4, 0.5) is 16.5 Å². The van der Waals surface area contributed by atoms with Crippen molar-refractivity contribution in [3.8, 4) is 0 Å². The van der Waals surface area contributed by atoms with Gasteiger partial charge in [-0.2, -0.15) is 0 Å². The number of nitrogens with one attached hydrogen (secondary N) is 2. The van der Waals surface area contributed by atoms with Crippen LogP contribution in [0.25, 0.3) is 0 Å². The van der Waals surface area contributed by atoms with Gasteiger partial charge in [0.05, 0.1) is 12.1 Å². The molecule has 3 rings (SSSR count). The van der Waals surface area contributed by atoms with Crippen molar-refractivity contribution in [1.29, 1.82) is 0 Å². The first-order valence-electron chi connectivity index (χ1n) is 8.98. The van der Waals surface area contributed by atoms with Gasteiger partial charge in [0, 0.05) is 36.6 Å². The van der Waals surface area contributed by atoms with Crippen LogP contribution in [0.2, 0.25) is 0 Å². The van der Waals surface area contributed by atoms with Crippen LogP contribution in [0.15, 0.2) is 29.6 Å². The molecule has 0 saturated carbocycles. The maximum Gasteiger partial charge on any atom is 0.312 e. The Balaban J connectivity index is 1.43. The highest BCUT2D eigenvalue weighted by molar-refractivity contribution is 7.14. The van der Waals surface area contributed by atoms with E-state index in [2.05, 4.69) is 15.6 Å². The number of carbonyl (C=O) groups is 4. The van der Waals surface area contributed by atoms with Crippen molar-refractivity contribution in [2.45, 2.75) is 26.2 Å². The number of amides is 3. The molecule has 0 atom stereocenters. The Hall–Kier alpha value is -3.27. The number of hydrogen-bond acceptors (Lipinski definition) is 7. The summed E-state index contributed by atoms with van der Waals surface area (Å²) < 4.78 is 4.99. The quantitative estimate of drug-likeness (QED) is 0.666. The highest BCUT2D eigenvalue weighted by Gasteiger charge is 2.24. The van der Waals surface area contributed by atoms with Gasteiger partial charge >= 0.3 is 5.97 Å². The summed E-state index contributed by atoms with van der Waals surface area (Å²) in [5, 5.41) is 7.51. The molecule has 0 spiro atoms. The minimum atomic E-state index is -0.578. The second kappa shape index (κ2) is 9.28. The number of ether oxygens (including phenoxy) is 1. The van der Waals surface area contributed by atoms with Crippen LogP contribution in [-0.2, 0) is 30.3 Å². The van der Waals surface area contributed by atoms with Gasteiger partial charge in [-0.05, 0) is 30.7 Å². The Bertz CT molecular complexity index is 925. The number of hydrogen-bond donors (Lipinski definition) is 2. The molecular weight excluding hydrogens is 396 g/mol. The number of benzene rings is 1. The molecule has 1 aliphatic rings. The third kappa shape index (κ3) is 5.85.